The summed E-state index contributed by atoms with van der Waals surface area (Å²) in [6, 6.07) is 65.9. The minimum Gasteiger partial charge on any atom is -0.289 e. The molecule has 3 aromatic heterocycles. The molecule has 4 nitrogen and oxygen atoms in total. The molecule has 0 radical (unpaired) electrons. The van der Waals surface area contributed by atoms with Gasteiger partial charge in [-0.25, -0.2) is 9.97 Å². The summed E-state index contributed by atoms with van der Waals surface area (Å²) in [7, 11) is -2.74. The van der Waals surface area contributed by atoms with E-state index in [1.165, 1.54) is 20.7 Å². The Morgan fingerprint density at radius 3 is 1.27 bits per heavy atom. The Labute approximate surface area is 283 Å². The predicted octanol–water partition coefficient (Wildman–Crippen LogP) is 7.53. The van der Waals surface area contributed by atoms with E-state index in [0.29, 0.717) is 0 Å². The molecule has 0 atom stereocenters. The van der Waals surface area contributed by atoms with Crippen molar-refractivity contribution in [3.05, 3.63) is 182 Å². The van der Waals surface area contributed by atoms with Gasteiger partial charge in [0.05, 0.1) is 33.1 Å². The van der Waals surface area contributed by atoms with E-state index in [1.807, 2.05) is 0 Å². The molecular weight excluding hydrogens is 613 g/mol. The van der Waals surface area contributed by atoms with Crippen LogP contribution in [0.3, 0.4) is 0 Å². The molecule has 5 heteroatoms. The van der Waals surface area contributed by atoms with Crippen LogP contribution >= 0.6 is 0 Å². The standard InChI is InChI=1S/C44H30N4Si/c1-4-16-31(17-5-1)49(32-18-6-2-7-19-32,33-20-8-3-9-21-33)34-28-29-42-38(30-34)46-44-43-45-37-24-12-15-27-41(37)47(43)39-25-13-10-22-35(39)36-23-11-14-26-40(36)48(42)44/h1-30H. The normalized spacial score (nSPS) is 12.1. The van der Waals surface area contributed by atoms with Crippen molar-refractivity contribution in [3.63, 3.8) is 0 Å². The van der Waals surface area contributed by atoms with E-state index in [1.54, 1.807) is 0 Å². The van der Waals surface area contributed by atoms with Crippen LogP contribution in [0, 0.1) is 0 Å². The van der Waals surface area contributed by atoms with E-state index >= 15 is 0 Å². The number of hydrogen-bond acceptors (Lipinski definition) is 2. The predicted molar refractivity (Wildman–Crippen MR) is 206 cm³/mol. The average Bonchev–Trinajstić information content (AvgIpc) is 3.74. The first kappa shape index (κ1) is 27.8. The van der Waals surface area contributed by atoms with Crippen molar-refractivity contribution in [2.24, 2.45) is 0 Å². The molecule has 0 aliphatic carbocycles. The molecule has 0 spiro atoms. The lowest BCUT2D eigenvalue weighted by Crippen LogP contribution is -2.74. The molecule has 0 unspecified atom stereocenters. The number of benzene rings is 7. The Balaban J connectivity index is 1.41. The van der Waals surface area contributed by atoms with E-state index < -0.39 is 8.07 Å². The maximum Gasteiger partial charge on any atom is 0.182 e. The van der Waals surface area contributed by atoms with Gasteiger partial charge in [0.25, 0.3) is 0 Å². The molecule has 0 bridgehead atoms. The van der Waals surface area contributed by atoms with Crippen LogP contribution < -0.4 is 20.7 Å². The topological polar surface area (TPSA) is 34.6 Å². The quantitative estimate of drug-likeness (QED) is 0.147. The molecule has 0 N–H and O–H groups in total. The second-order valence-corrected chi connectivity index (χ2v) is 16.4. The summed E-state index contributed by atoms with van der Waals surface area (Å²) in [5, 5.41) is 7.63. The Morgan fingerprint density at radius 1 is 0.327 bits per heavy atom. The highest BCUT2D eigenvalue weighted by molar-refractivity contribution is 7.20. The Hall–Kier alpha value is -6.30. The molecule has 3 heterocycles. The minimum atomic E-state index is -2.74. The van der Waals surface area contributed by atoms with Gasteiger partial charge in [-0.05, 0) is 57.1 Å². The maximum atomic E-state index is 5.52. The van der Waals surface area contributed by atoms with Crippen LogP contribution in [0.5, 0.6) is 0 Å². The van der Waals surface area contributed by atoms with Crippen LogP contribution in [0.15, 0.2) is 182 Å². The van der Waals surface area contributed by atoms with E-state index in [2.05, 4.69) is 191 Å². The first-order chi connectivity index (χ1) is 24.3. The zero-order chi connectivity index (χ0) is 32.4. The first-order valence-electron chi connectivity index (χ1n) is 16.7. The van der Waals surface area contributed by atoms with Crippen molar-refractivity contribution in [2.45, 2.75) is 0 Å². The van der Waals surface area contributed by atoms with E-state index in [4.69, 9.17) is 9.97 Å². The van der Waals surface area contributed by atoms with Gasteiger partial charge >= 0.3 is 0 Å². The van der Waals surface area contributed by atoms with Crippen LogP contribution in [0.2, 0.25) is 0 Å². The Morgan fingerprint density at radius 2 is 0.735 bits per heavy atom. The summed E-state index contributed by atoms with van der Waals surface area (Å²) in [5.74, 6) is 0. The Kier molecular flexibility index (Phi) is 6.16. The third-order valence-electron chi connectivity index (χ3n) is 10.0. The van der Waals surface area contributed by atoms with Gasteiger partial charge in [-0.1, -0.05) is 146 Å². The van der Waals surface area contributed by atoms with E-state index in [0.717, 1.165) is 55.2 Å². The van der Waals surface area contributed by atoms with Crippen molar-refractivity contribution in [3.8, 4) is 0 Å². The lowest BCUT2D eigenvalue weighted by Gasteiger charge is -2.34. The third kappa shape index (κ3) is 4.03. The molecule has 0 fully saturated rings. The molecule has 7 aromatic carbocycles. The fourth-order valence-electron chi connectivity index (χ4n) is 7.98. The highest BCUT2D eigenvalue weighted by atomic mass is 28.3. The fraction of sp³-hybridized carbons (Fsp3) is 0. The number of hydrogen-bond donors (Lipinski definition) is 0. The van der Waals surface area contributed by atoms with Crippen LogP contribution in [-0.4, -0.2) is 26.8 Å². The summed E-state index contributed by atoms with van der Waals surface area (Å²) in [4.78, 5) is 10.8. The SMILES string of the molecule is c1ccc([Si](c2ccccc2)(c2ccccc2)c2ccc3c(c2)nc2c4nc5ccccc5n4c4ccccc4c4ccccc4n32)cc1. The van der Waals surface area contributed by atoms with Gasteiger partial charge in [-0.15, -0.1) is 0 Å². The van der Waals surface area contributed by atoms with Gasteiger partial charge in [-0.3, -0.25) is 8.80 Å². The second kappa shape index (κ2) is 10.9. The van der Waals surface area contributed by atoms with Crippen LogP contribution in [0.4, 0.5) is 0 Å². The van der Waals surface area contributed by atoms with Gasteiger partial charge in [0, 0.05) is 10.8 Å². The minimum absolute atomic E-state index is 0.830. The molecular formula is C44H30N4Si. The molecule has 0 amide bonds. The molecule has 10 aromatic rings. The van der Waals surface area contributed by atoms with Gasteiger partial charge in [0.2, 0.25) is 0 Å². The lowest BCUT2D eigenvalue weighted by atomic mass is 10.1. The molecule has 49 heavy (non-hydrogen) atoms. The summed E-state index contributed by atoms with van der Waals surface area (Å²) in [6.45, 7) is 0. The smallest absolute Gasteiger partial charge is 0.182 e. The summed E-state index contributed by atoms with van der Waals surface area (Å²) in [5.41, 5.74) is 7.87. The number of rotatable bonds is 4. The molecule has 0 saturated carbocycles. The molecule has 0 aliphatic heterocycles. The monoisotopic (exact) mass is 642 g/mol. The molecule has 0 aliphatic rings. The number of imidazole rings is 2. The first-order valence-corrected chi connectivity index (χ1v) is 18.7. The Bertz CT molecular complexity index is 2780. The number of fused-ring (bicyclic) bond motifs is 12. The summed E-state index contributed by atoms with van der Waals surface area (Å²) < 4.78 is 4.61. The second-order valence-electron chi connectivity index (χ2n) is 12.6. The van der Waals surface area contributed by atoms with Gasteiger partial charge in [0.1, 0.15) is 0 Å². The van der Waals surface area contributed by atoms with Crippen molar-refractivity contribution < 1.29 is 0 Å². The zero-order valence-electron chi connectivity index (χ0n) is 26.6. The number of nitrogens with zero attached hydrogens (tertiary/aromatic N) is 4. The van der Waals surface area contributed by atoms with Crippen LogP contribution in [-0.2, 0) is 0 Å². The fourth-order valence-corrected chi connectivity index (χ4v) is 12.7. The zero-order valence-corrected chi connectivity index (χ0v) is 27.6. The molecule has 230 valence electrons. The van der Waals surface area contributed by atoms with Crippen molar-refractivity contribution in [1.29, 1.82) is 0 Å². The third-order valence-corrected chi connectivity index (χ3v) is 14.8. The average molecular weight is 643 g/mol. The van der Waals surface area contributed by atoms with E-state index in [9.17, 15) is 0 Å². The largest absolute Gasteiger partial charge is 0.289 e. The van der Waals surface area contributed by atoms with Crippen LogP contribution in [0.25, 0.3) is 55.2 Å². The van der Waals surface area contributed by atoms with E-state index in [-0.39, 0.29) is 0 Å². The van der Waals surface area contributed by atoms with Gasteiger partial charge < -0.3 is 0 Å². The lowest BCUT2D eigenvalue weighted by molar-refractivity contribution is 1.25. The summed E-state index contributed by atoms with van der Waals surface area (Å²) >= 11 is 0. The van der Waals surface area contributed by atoms with Crippen LogP contribution in [0.1, 0.15) is 0 Å². The van der Waals surface area contributed by atoms with Crippen molar-refractivity contribution >= 4 is 84.0 Å². The van der Waals surface area contributed by atoms with Crippen molar-refractivity contribution in [1.82, 2.24) is 18.8 Å². The molecule has 10 rings (SSSR count). The summed E-state index contributed by atoms with van der Waals surface area (Å²) in [6.07, 6.45) is 0. The number of para-hydroxylation sites is 4. The van der Waals surface area contributed by atoms with Gasteiger partial charge in [0.15, 0.2) is 19.4 Å². The highest BCUT2D eigenvalue weighted by Gasteiger charge is 2.41. The van der Waals surface area contributed by atoms with Crippen molar-refractivity contribution in [2.75, 3.05) is 0 Å². The maximum absolute atomic E-state index is 5.52. The molecule has 0 saturated heterocycles. The number of aromatic nitrogens is 4. The highest BCUT2D eigenvalue weighted by Crippen LogP contribution is 2.31. The van der Waals surface area contributed by atoms with Gasteiger partial charge in [-0.2, -0.15) is 0 Å².